The lowest BCUT2D eigenvalue weighted by molar-refractivity contribution is 0.0642. The van der Waals surface area contributed by atoms with E-state index in [1.165, 1.54) is 17.0 Å². The smallest absolute Gasteiger partial charge is 0.261 e. The number of carbonyl (C=O) groups excluding carboxylic acids is 2. The number of H-pyrrole nitrogens is 1. The molecule has 4 nitrogen and oxygen atoms in total. The minimum Gasteiger partial charge on any atom is -0.358 e. The largest absolute Gasteiger partial charge is 0.358 e. The number of amides is 2. The van der Waals surface area contributed by atoms with Gasteiger partial charge in [0.05, 0.1) is 23.2 Å². The van der Waals surface area contributed by atoms with E-state index in [1.54, 1.807) is 24.3 Å². The van der Waals surface area contributed by atoms with Crippen LogP contribution in [0.25, 0.3) is 10.9 Å². The average Bonchev–Trinajstić information content (AvgIpc) is 2.98. The maximum absolute atomic E-state index is 14.0. The molecule has 120 valence electrons. The van der Waals surface area contributed by atoms with Crippen LogP contribution in [0.1, 0.15) is 37.5 Å². The molecule has 4 rings (SSSR count). The van der Waals surface area contributed by atoms with Crippen LogP contribution >= 0.6 is 0 Å². The van der Waals surface area contributed by atoms with Crippen molar-refractivity contribution in [2.45, 2.75) is 20.4 Å². The lowest BCUT2D eigenvalue weighted by atomic mass is 10.1. The van der Waals surface area contributed by atoms with Gasteiger partial charge in [-0.05, 0) is 49.2 Å². The Labute approximate surface area is 137 Å². The summed E-state index contributed by atoms with van der Waals surface area (Å²) in [5.74, 6) is -1.06. The number of hydrogen-bond donors (Lipinski definition) is 1. The zero-order valence-electron chi connectivity index (χ0n) is 13.3. The highest BCUT2D eigenvalue weighted by Gasteiger charge is 2.35. The quantitative estimate of drug-likeness (QED) is 0.731. The van der Waals surface area contributed by atoms with Crippen LogP contribution in [0.2, 0.25) is 0 Å². The third kappa shape index (κ3) is 1.98. The molecule has 1 aliphatic rings. The van der Waals surface area contributed by atoms with Gasteiger partial charge in [0.25, 0.3) is 11.8 Å². The highest BCUT2D eigenvalue weighted by atomic mass is 19.1. The Hall–Kier alpha value is -2.95. The molecule has 0 bridgehead atoms. The SMILES string of the molecule is Cc1[nH]c2c(CN3C(=O)c4ccccc4C3=O)cc(F)cc2c1C. The summed E-state index contributed by atoms with van der Waals surface area (Å²) in [5, 5.41) is 0.777. The molecule has 0 atom stereocenters. The molecule has 2 heterocycles. The summed E-state index contributed by atoms with van der Waals surface area (Å²) < 4.78 is 14.0. The van der Waals surface area contributed by atoms with Crippen LogP contribution in [0.3, 0.4) is 0 Å². The highest BCUT2D eigenvalue weighted by Crippen LogP contribution is 2.29. The molecule has 1 N–H and O–H groups in total. The van der Waals surface area contributed by atoms with Gasteiger partial charge in [-0.3, -0.25) is 14.5 Å². The van der Waals surface area contributed by atoms with Gasteiger partial charge in [-0.1, -0.05) is 12.1 Å². The maximum Gasteiger partial charge on any atom is 0.261 e. The number of hydrogen-bond acceptors (Lipinski definition) is 2. The lowest BCUT2D eigenvalue weighted by Gasteiger charge is -2.14. The first-order valence-corrected chi connectivity index (χ1v) is 7.70. The molecule has 5 heteroatoms. The Morgan fingerprint density at radius 2 is 1.67 bits per heavy atom. The standard InChI is InChI=1S/C19H15FN2O2/c1-10-11(2)21-17-12(7-13(20)8-16(10)17)9-22-18(23)14-5-3-4-6-15(14)19(22)24/h3-8,21H,9H2,1-2H3. The van der Waals surface area contributed by atoms with Crippen molar-refractivity contribution in [2.24, 2.45) is 0 Å². The van der Waals surface area contributed by atoms with Gasteiger partial charge in [0.15, 0.2) is 0 Å². The zero-order chi connectivity index (χ0) is 17.0. The Morgan fingerprint density at radius 1 is 1.04 bits per heavy atom. The number of halogens is 1. The van der Waals surface area contributed by atoms with Crippen molar-refractivity contribution in [3.05, 3.63) is 70.2 Å². The van der Waals surface area contributed by atoms with E-state index in [0.717, 1.165) is 22.2 Å². The fourth-order valence-electron chi connectivity index (χ4n) is 3.27. The van der Waals surface area contributed by atoms with Crippen molar-refractivity contribution in [1.29, 1.82) is 0 Å². The molecule has 0 unspecified atom stereocenters. The second-order valence-corrected chi connectivity index (χ2v) is 6.10. The predicted molar refractivity (Wildman–Crippen MR) is 88.4 cm³/mol. The molecule has 0 aliphatic carbocycles. The molecule has 3 aromatic rings. The van der Waals surface area contributed by atoms with E-state index in [-0.39, 0.29) is 24.2 Å². The van der Waals surface area contributed by atoms with Crippen molar-refractivity contribution in [2.75, 3.05) is 0 Å². The Bertz CT molecular complexity index is 985. The highest BCUT2D eigenvalue weighted by molar-refractivity contribution is 6.21. The number of fused-ring (bicyclic) bond motifs is 2. The number of carbonyl (C=O) groups is 2. The topological polar surface area (TPSA) is 53.2 Å². The van der Waals surface area contributed by atoms with E-state index in [0.29, 0.717) is 16.7 Å². The first kappa shape index (κ1) is 14.6. The van der Waals surface area contributed by atoms with Crippen molar-refractivity contribution in [3.8, 4) is 0 Å². The predicted octanol–water partition coefficient (Wildman–Crippen LogP) is 3.72. The van der Waals surface area contributed by atoms with Crippen molar-refractivity contribution >= 4 is 22.7 Å². The van der Waals surface area contributed by atoms with E-state index < -0.39 is 0 Å². The van der Waals surface area contributed by atoms with E-state index in [9.17, 15) is 14.0 Å². The lowest BCUT2D eigenvalue weighted by Crippen LogP contribution is -2.29. The summed E-state index contributed by atoms with van der Waals surface area (Å²) in [5.41, 5.74) is 4.06. The molecule has 0 spiro atoms. The van der Waals surface area contributed by atoms with E-state index in [1.807, 2.05) is 13.8 Å². The van der Waals surface area contributed by atoms with Crippen LogP contribution in [-0.2, 0) is 6.54 Å². The molecular formula is C19H15FN2O2. The van der Waals surface area contributed by atoms with Gasteiger partial charge in [-0.25, -0.2) is 4.39 Å². The average molecular weight is 322 g/mol. The summed E-state index contributed by atoms with van der Waals surface area (Å²) in [6, 6.07) is 9.58. The van der Waals surface area contributed by atoms with Crippen LogP contribution in [0.4, 0.5) is 4.39 Å². The minimum absolute atomic E-state index is 0.0417. The van der Waals surface area contributed by atoms with Crippen molar-refractivity contribution in [3.63, 3.8) is 0 Å². The van der Waals surface area contributed by atoms with Crippen LogP contribution < -0.4 is 0 Å². The summed E-state index contributed by atoms with van der Waals surface area (Å²) in [4.78, 5) is 29.4. The first-order chi connectivity index (χ1) is 11.5. The van der Waals surface area contributed by atoms with E-state index >= 15 is 0 Å². The van der Waals surface area contributed by atoms with Gasteiger partial charge in [-0.15, -0.1) is 0 Å². The fraction of sp³-hybridized carbons (Fsp3) is 0.158. The minimum atomic E-state index is -0.379. The molecule has 24 heavy (non-hydrogen) atoms. The number of aromatic amines is 1. The van der Waals surface area contributed by atoms with Gasteiger partial charge in [0.2, 0.25) is 0 Å². The van der Waals surface area contributed by atoms with Crippen LogP contribution in [0.15, 0.2) is 36.4 Å². The summed E-state index contributed by atoms with van der Waals surface area (Å²) in [6.45, 7) is 3.87. The van der Waals surface area contributed by atoms with Gasteiger partial charge >= 0.3 is 0 Å². The van der Waals surface area contributed by atoms with Crippen LogP contribution in [0.5, 0.6) is 0 Å². The van der Waals surface area contributed by atoms with Crippen molar-refractivity contribution < 1.29 is 14.0 Å². The Morgan fingerprint density at radius 3 is 2.29 bits per heavy atom. The Kier molecular flexibility index (Phi) is 3.06. The van der Waals surface area contributed by atoms with Gasteiger partial charge < -0.3 is 4.98 Å². The summed E-state index contributed by atoms with van der Waals surface area (Å²) >= 11 is 0. The molecular weight excluding hydrogens is 307 g/mol. The van der Waals surface area contributed by atoms with Crippen molar-refractivity contribution in [1.82, 2.24) is 9.88 Å². The number of aryl methyl sites for hydroxylation is 2. The third-order valence-electron chi connectivity index (χ3n) is 4.67. The molecule has 0 saturated carbocycles. The number of aromatic nitrogens is 1. The summed E-state index contributed by atoms with van der Waals surface area (Å²) in [7, 11) is 0. The number of imide groups is 1. The van der Waals surface area contributed by atoms with E-state index in [2.05, 4.69) is 4.98 Å². The third-order valence-corrected chi connectivity index (χ3v) is 4.67. The van der Waals surface area contributed by atoms with Gasteiger partial charge in [0.1, 0.15) is 5.82 Å². The van der Waals surface area contributed by atoms with E-state index in [4.69, 9.17) is 0 Å². The van der Waals surface area contributed by atoms with Gasteiger partial charge in [-0.2, -0.15) is 0 Å². The number of nitrogens with zero attached hydrogens (tertiary/aromatic N) is 1. The zero-order valence-corrected chi connectivity index (χ0v) is 13.3. The molecule has 0 fully saturated rings. The molecule has 0 radical (unpaired) electrons. The molecule has 1 aliphatic heterocycles. The van der Waals surface area contributed by atoms with Crippen LogP contribution in [0, 0.1) is 19.7 Å². The number of benzene rings is 2. The molecule has 2 aromatic carbocycles. The Balaban J connectivity index is 1.80. The van der Waals surface area contributed by atoms with Crippen LogP contribution in [-0.4, -0.2) is 21.7 Å². The number of nitrogens with one attached hydrogen (secondary N) is 1. The molecule has 1 aromatic heterocycles. The molecule has 0 saturated heterocycles. The monoisotopic (exact) mass is 322 g/mol. The normalized spacial score (nSPS) is 13.9. The van der Waals surface area contributed by atoms with Gasteiger partial charge in [0, 0.05) is 11.1 Å². The molecule has 2 amide bonds. The number of rotatable bonds is 2. The maximum atomic E-state index is 14.0. The second-order valence-electron chi connectivity index (χ2n) is 6.10. The second kappa shape index (κ2) is 5.03. The fourth-order valence-corrected chi connectivity index (χ4v) is 3.27. The summed E-state index contributed by atoms with van der Waals surface area (Å²) in [6.07, 6.45) is 0. The first-order valence-electron chi connectivity index (χ1n) is 7.70.